The van der Waals surface area contributed by atoms with Crippen molar-refractivity contribution in [1.82, 2.24) is 9.21 Å². The molecule has 0 aliphatic carbocycles. The Kier molecular flexibility index (Phi) is 6.02. The highest BCUT2D eigenvalue weighted by Crippen LogP contribution is 2.12. The largest absolute Gasteiger partial charge is 0.409 e. The Hall–Kier alpha value is -0.860. The normalized spacial score (nSPS) is 21.5. The molecule has 1 fully saturated rings. The van der Waals surface area contributed by atoms with E-state index in [0.717, 1.165) is 6.42 Å². The molecule has 0 aromatic rings. The lowest BCUT2D eigenvalue weighted by Crippen LogP contribution is -2.54. The van der Waals surface area contributed by atoms with Crippen molar-refractivity contribution in [2.24, 2.45) is 10.9 Å². The second-order valence-electron chi connectivity index (χ2n) is 4.81. The molecule has 0 amide bonds. The Labute approximate surface area is 115 Å². The molecule has 112 valence electrons. The smallest absolute Gasteiger partial charge is 0.214 e. The molecule has 1 saturated heterocycles. The van der Waals surface area contributed by atoms with Crippen molar-refractivity contribution in [1.29, 1.82) is 0 Å². The minimum Gasteiger partial charge on any atom is -0.409 e. The van der Waals surface area contributed by atoms with Crippen LogP contribution in [-0.4, -0.2) is 66.6 Å². The fourth-order valence-corrected chi connectivity index (χ4v) is 3.73. The summed E-state index contributed by atoms with van der Waals surface area (Å²) in [6.45, 7) is 5.96. The minimum absolute atomic E-state index is 0.155. The molecule has 0 saturated carbocycles. The van der Waals surface area contributed by atoms with Crippen LogP contribution in [0.15, 0.2) is 5.16 Å². The highest BCUT2D eigenvalue weighted by molar-refractivity contribution is 7.89. The number of nitrogens with two attached hydrogens (primary N) is 1. The van der Waals surface area contributed by atoms with E-state index in [0.29, 0.717) is 32.6 Å². The molecule has 0 radical (unpaired) electrons. The Balaban J connectivity index is 2.53. The number of unbranched alkanes of at least 4 members (excludes halogenated alkanes) is 1. The van der Waals surface area contributed by atoms with Gasteiger partial charge in [0.1, 0.15) is 0 Å². The van der Waals surface area contributed by atoms with Crippen LogP contribution in [0, 0.1) is 0 Å². The Morgan fingerprint density at radius 1 is 1.37 bits per heavy atom. The van der Waals surface area contributed by atoms with Crippen LogP contribution >= 0.6 is 0 Å². The molecule has 1 heterocycles. The molecule has 0 aromatic heterocycles. The molecule has 19 heavy (non-hydrogen) atoms. The van der Waals surface area contributed by atoms with Crippen LogP contribution in [0.3, 0.4) is 0 Å². The van der Waals surface area contributed by atoms with E-state index < -0.39 is 10.0 Å². The van der Waals surface area contributed by atoms with Crippen LogP contribution in [0.1, 0.15) is 26.7 Å². The summed E-state index contributed by atoms with van der Waals surface area (Å²) in [5.74, 6) is 0.376. The number of amidine groups is 1. The van der Waals surface area contributed by atoms with Crippen molar-refractivity contribution in [2.75, 3.05) is 31.9 Å². The third-order valence-corrected chi connectivity index (χ3v) is 5.47. The molecule has 7 nitrogen and oxygen atoms in total. The predicted molar refractivity (Wildman–Crippen MR) is 74.7 cm³/mol. The summed E-state index contributed by atoms with van der Waals surface area (Å²) in [4.78, 5) is 2.01. The van der Waals surface area contributed by atoms with E-state index in [9.17, 15) is 8.42 Å². The molecule has 0 aromatic carbocycles. The van der Waals surface area contributed by atoms with Gasteiger partial charge in [-0.2, -0.15) is 4.31 Å². The van der Waals surface area contributed by atoms with E-state index in [-0.39, 0.29) is 17.6 Å². The summed E-state index contributed by atoms with van der Waals surface area (Å²) in [6.07, 6.45) is 1.57. The third kappa shape index (κ3) is 4.32. The van der Waals surface area contributed by atoms with Gasteiger partial charge in [0, 0.05) is 26.2 Å². The number of hydrogen-bond acceptors (Lipinski definition) is 5. The SMILES string of the molecule is CCCCS(=O)(=O)N1CCN(C(C)/C(N)=N/O)CC1. The summed E-state index contributed by atoms with van der Waals surface area (Å²) in [6, 6.07) is -0.175. The fraction of sp³-hybridized carbons (Fsp3) is 0.909. The average molecular weight is 292 g/mol. The monoisotopic (exact) mass is 292 g/mol. The van der Waals surface area contributed by atoms with Gasteiger partial charge in [0.05, 0.1) is 11.8 Å². The summed E-state index contributed by atoms with van der Waals surface area (Å²) < 4.78 is 25.6. The lowest BCUT2D eigenvalue weighted by molar-refractivity contribution is 0.171. The van der Waals surface area contributed by atoms with Gasteiger partial charge < -0.3 is 10.9 Å². The summed E-state index contributed by atoms with van der Waals surface area (Å²) >= 11 is 0. The number of hydrogen-bond donors (Lipinski definition) is 2. The number of oxime groups is 1. The molecule has 3 N–H and O–H groups in total. The lowest BCUT2D eigenvalue weighted by Gasteiger charge is -2.36. The summed E-state index contributed by atoms with van der Waals surface area (Å²) in [5.41, 5.74) is 5.56. The number of piperazine rings is 1. The second-order valence-corrected chi connectivity index (χ2v) is 6.89. The van der Waals surface area contributed by atoms with Gasteiger partial charge in [-0.3, -0.25) is 4.90 Å². The first-order chi connectivity index (χ1) is 8.92. The van der Waals surface area contributed by atoms with Crippen molar-refractivity contribution >= 4 is 15.9 Å². The topological polar surface area (TPSA) is 99.2 Å². The van der Waals surface area contributed by atoms with E-state index in [1.165, 1.54) is 4.31 Å². The molecule has 1 aliphatic heterocycles. The first-order valence-corrected chi connectivity index (χ1v) is 8.22. The zero-order valence-electron chi connectivity index (χ0n) is 11.6. The van der Waals surface area contributed by atoms with Crippen molar-refractivity contribution in [2.45, 2.75) is 32.7 Å². The van der Waals surface area contributed by atoms with Crippen molar-refractivity contribution in [3.63, 3.8) is 0 Å². The number of rotatable bonds is 6. The highest BCUT2D eigenvalue weighted by atomic mass is 32.2. The first-order valence-electron chi connectivity index (χ1n) is 6.61. The zero-order valence-corrected chi connectivity index (χ0v) is 12.4. The zero-order chi connectivity index (χ0) is 14.5. The molecule has 1 aliphatic rings. The number of sulfonamides is 1. The standard InChI is InChI=1S/C11H24N4O3S/c1-3-4-9-19(17,18)15-7-5-14(6-8-15)10(2)11(12)13-16/h10,16H,3-9H2,1-2H3,(H2,12,13). The van der Waals surface area contributed by atoms with Crippen LogP contribution in [0.4, 0.5) is 0 Å². The maximum Gasteiger partial charge on any atom is 0.214 e. The molecular formula is C11H24N4O3S. The van der Waals surface area contributed by atoms with Crippen molar-refractivity contribution in [3.8, 4) is 0 Å². The molecule has 0 spiro atoms. The summed E-state index contributed by atoms with van der Waals surface area (Å²) in [5, 5.41) is 11.6. The van der Waals surface area contributed by atoms with E-state index in [1.807, 2.05) is 18.7 Å². The van der Waals surface area contributed by atoms with Gasteiger partial charge in [-0.25, -0.2) is 8.42 Å². The Morgan fingerprint density at radius 2 is 1.95 bits per heavy atom. The Bertz CT molecular complexity index is 402. The van der Waals surface area contributed by atoms with Gasteiger partial charge in [0.15, 0.2) is 5.84 Å². The minimum atomic E-state index is -3.12. The predicted octanol–water partition coefficient (Wildman–Crippen LogP) is -0.131. The van der Waals surface area contributed by atoms with Crippen LogP contribution < -0.4 is 5.73 Å². The van der Waals surface area contributed by atoms with Crippen LogP contribution in [0.5, 0.6) is 0 Å². The van der Waals surface area contributed by atoms with Crippen LogP contribution in [0.2, 0.25) is 0 Å². The average Bonchev–Trinajstić information content (AvgIpc) is 2.43. The van der Waals surface area contributed by atoms with Gasteiger partial charge in [-0.1, -0.05) is 18.5 Å². The van der Waals surface area contributed by atoms with E-state index >= 15 is 0 Å². The van der Waals surface area contributed by atoms with Crippen molar-refractivity contribution in [3.05, 3.63) is 0 Å². The quantitative estimate of drug-likeness (QED) is 0.307. The van der Waals surface area contributed by atoms with E-state index in [1.54, 1.807) is 0 Å². The van der Waals surface area contributed by atoms with Crippen LogP contribution in [-0.2, 0) is 10.0 Å². The van der Waals surface area contributed by atoms with Gasteiger partial charge in [0.2, 0.25) is 10.0 Å². The van der Waals surface area contributed by atoms with Gasteiger partial charge in [-0.05, 0) is 13.3 Å². The van der Waals surface area contributed by atoms with E-state index in [4.69, 9.17) is 10.9 Å². The maximum absolute atomic E-state index is 12.0. The molecular weight excluding hydrogens is 268 g/mol. The van der Waals surface area contributed by atoms with Gasteiger partial charge in [0.25, 0.3) is 0 Å². The molecule has 0 bridgehead atoms. The van der Waals surface area contributed by atoms with Gasteiger partial charge >= 0.3 is 0 Å². The maximum atomic E-state index is 12.0. The van der Waals surface area contributed by atoms with E-state index in [2.05, 4.69) is 5.16 Å². The third-order valence-electron chi connectivity index (χ3n) is 3.51. The van der Waals surface area contributed by atoms with Gasteiger partial charge in [-0.15, -0.1) is 0 Å². The fourth-order valence-electron chi connectivity index (χ4n) is 2.10. The van der Waals surface area contributed by atoms with Crippen molar-refractivity contribution < 1.29 is 13.6 Å². The molecule has 1 atom stereocenters. The highest BCUT2D eigenvalue weighted by Gasteiger charge is 2.29. The molecule has 8 heteroatoms. The Morgan fingerprint density at radius 3 is 2.42 bits per heavy atom. The molecule has 1 rings (SSSR count). The first kappa shape index (κ1) is 16.2. The molecule has 1 unspecified atom stereocenters. The lowest BCUT2D eigenvalue weighted by atomic mass is 10.2. The van der Waals surface area contributed by atoms with Crippen LogP contribution in [0.25, 0.3) is 0 Å². The summed E-state index contributed by atoms with van der Waals surface area (Å²) in [7, 11) is -3.12. The number of nitrogens with zero attached hydrogens (tertiary/aromatic N) is 3. The second kappa shape index (κ2) is 7.06.